The summed E-state index contributed by atoms with van der Waals surface area (Å²) >= 11 is 0. The summed E-state index contributed by atoms with van der Waals surface area (Å²) in [5.41, 5.74) is 4.19. The van der Waals surface area contributed by atoms with Crippen LogP contribution in [0.5, 0.6) is 0 Å². The summed E-state index contributed by atoms with van der Waals surface area (Å²) in [4.78, 5) is 94.7. The number of benzene rings is 1. The van der Waals surface area contributed by atoms with Crippen molar-refractivity contribution in [1.29, 1.82) is 0 Å². The van der Waals surface area contributed by atoms with E-state index in [9.17, 15) is 38.0 Å². The second-order valence-corrected chi connectivity index (χ2v) is 14.0. The second-order valence-electron chi connectivity index (χ2n) is 14.0. The Hall–Kier alpha value is -6.16. The van der Waals surface area contributed by atoms with Crippen LogP contribution in [0.3, 0.4) is 0 Å². The van der Waals surface area contributed by atoms with E-state index in [1.54, 1.807) is 38.2 Å². The quantitative estimate of drug-likeness (QED) is 0.0838. The Kier molecular flexibility index (Phi) is 12.1. The molecule has 1 fully saturated rings. The normalized spacial score (nSPS) is 20.6. The predicted octanol–water partition coefficient (Wildman–Crippen LogP) is 1.83. The number of carbonyl (C=O) groups is 7. The highest BCUT2D eigenvalue weighted by molar-refractivity contribution is 6.35. The van der Waals surface area contributed by atoms with Crippen LogP contribution in [0.15, 0.2) is 54.3 Å². The van der Waals surface area contributed by atoms with Gasteiger partial charge in [-0.3, -0.25) is 48.7 Å². The molecule has 294 valence electrons. The number of H-pyrrole nitrogens is 1. The summed E-state index contributed by atoms with van der Waals surface area (Å²) in [6.45, 7) is 8.03. The fourth-order valence-electron chi connectivity index (χ4n) is 7.39. The third kappa shape index (κ3) is 8.39. The highest BCUT2D eigenvalue weighted by Crippen LogP contribution is 2.37. The zero-order chi connectivity index (χ0) is 40.1. The van der Waals surface area contributed by atoms with Gasteiger partial charge in [-0.25, -0.2) is 4.39 Å². The molecule has 6 rings (SSSR count). The lowest BCUT2D eigenvalue weighted by atomic mass is 9.88. The molecule has 7 amide bonds. The Bertz CT molecular complexity index is 2100. The van der Waals surface area contributed by atoms with Crippen LogP contribution in [0.2, 0.25) is 0 Å². The van der Waals surface area contributed by atoms with Gasteiger partial charge >= 0.3 is 0 Å². The van der Waals surface area contributed by atoms with Crippen LogP contribution in [-0.4, -0.2) is 101 Å². The number of nitrogens with one attached hydrogen (secondary N) is 6. The van der Waals surface area contributed by atoms with Crippen LogP contribution < -0.4 is 26.6 Å². The number of likely N-dealkylation sites (tertiary alicyclic amines) is 1. The van der Waals surface area contributed by atoms with Gasteiger partial charge in [0.05, 0.1) is 29.5 Å². The third-order valence-corrected chi connectivity index (χ3v) is 10.3. The summed E-state index contributed by atoms with van der Waals surface area (Å²) in [5.74, 6) is -5.01. The molecule has 6 N–H and O–H groups in total. The van der Waals surface area contributed by atoms with E-state index in [1.165, 1.54) is 24.3 Å². The molecule has 1 aliphatic carbocycles. The van der Waals surface area contributed by atoms with E-state index < -0.39 is 47.3 Å². The number of halogens is 1. The number of nitrogens with zero attached hydrogens (tertiary/aromatic N) is 2. The standard InChI is InChI=1S/C40H45FN8O7/c1-4-48(18-17-44-38(54)34-22(2)30(45-23(34)3)20-27-26-19-24(41)11-12-28(26)46-36(27)52)21-33(51)43-16-7-5-6-15-42-29-10-8-9-25-35(29)40(56)49(39(25)55)31-13-14-32(50)47-37(31)53/h8-14,19-20,25,31,35,42,45H,4-7,15-18,21H2,1-3H3,(H,43,51)(H,44,54)(H,46,52)(H,47,50,53)/b27-20-. The Morgan fingerprint density at radius 2 is 1.75 bits per heavy atom. The number of rotatable bonds is 16. The van der Waals surface area contributed by atoms with E-state index in [1.807, 2.05) is 11.8 Å². The number of aryl methyl sites for hydroxylation is 1. The first-order valence-electron chi connectivity index (χ1n) is 18.7. The number of unbranched alkanes of at least 4 members (excludes halogenated alkanes) is 2. The smallest absolute Gasteiger partial charge is 0.256 e. The Morgan fingerprint density at radius 1 is 0.964 bits per heavy atom. The van der Waals surface area contributed by atoms with Crippen LogP contribution in [0.4, 0.5) is 10.1 Å². The molecule has 0 radical (unpaired) electrons. The van der Waals surface area contributed by atoms with E-state index in [2.05, 4.69) is 31.6 Å². The molecule has 3 atom stereocenters. The number of aromatic amines is 1. The molecule has 2 aromatic rings. The van der Waals surface area contributed by atoms with Gasteiger partial charge in [-0.15, -0.1) is 0 Å². The number of hydrogen-bond acceptors (Lipinski definition) is 9. The molecule has 0 bridgehead atoms. The second kappa shape index (κ2) is 17.1. The van der Waals surface area contributed by atoms with Crippen LogP contribution in [-0.2, 0) is 28.8 Å². The van der Waals surface area contributed by atoms with Crippen LogP contribution in [0.1, 0.15) is 59.1 Å². The molecule has 4 aliphatic rings. The molecule has 16 heteroatoms. The fourth-order valence-corrected chi connectivity index (χ4v) is 7.39. The lowest BCUT2D eigenvalue weighted by Gasteiger charge is -2.25. The minimum Gasteiger partial charge on any atom is -0.388 e. The van der Waals surface area contributed by atoms with Crippen molar-refractivity contribution < 1.29 is 38.0 Å². The van der Waals surface area contributed by atoms with Gasteiger partial charge in [0, 0.05) is 60.6 Å². The van der Waals surface area contributed by atoms with E-state index in [-0.39, 0.29) is 24.3 Å². The first-order valence-corrected chi connectivity index (χ1v) is 18.7. The highest BCUT2D eigenvalue weighted by Gasteiger charge is 2.52. The minimum atomic E-state index is -1.17. The lowest BCUT2D eigenvalue weighted by Crippen LogP contribution is -2.52. The monoisotopic (exact) mass is 768 g/mol. The Balaban J connectivity index is 0.889. The van der Waals surface area contributed by atoms with E-state index in [0.717, 1.165) is 30.2 Å². The topological polar surface area (TPSA) is 202 Å². The molecule has 1 saturated heterocycles. The molecule has 56 heavy (non-hydrogen) atoms. The predicted molar refractivity (Wildman–Crippen MR) is 205 cm³/mol. The number of likely N-dealkylation sites (N-methyl/N-ethyl adjacent to an activating group) is 1. The molecule has 3 unspecified atom stereocenters. The highest BCUT2D eigenvalue weighted by atomic mass is 19.1. The van der Waals surface area contributed by atoms with Gasteiger partial charge < -0.3 is 26.3 Å². The van der Waals surface area contributed by atoms with Gasteiger partial charge in [-0.2, -0.15) is 0 Å². The van der Waals surface area contributed by atoms with E-state index in [4.69, 9.17) is 0 Å². The van der Waals surface area contributed by atoms with Crippen molar-refractivity contribution >= 4 is 58.7 Å². The van der Waals surface area contributed by atoms with Gasteiger partial charge in [0.15, 0.2) is 0 Å². The SMILES string of the molecule is CCN(CCNC(=O)c1c(C)[nH]c(/C=C2\C(=O)Nc3ccc(F)cc32)c1C)CC(=O)NCCCCCNC1=CC=CC2C(=O)N(C3C=CC(=O)NC3=O)C(=O)C12. The van der Waals surface area contributed by atoms with Gasteiger partial charge in [-0.05, 0) is 81.6 Å². The number of allylic oxidation sites excluding steroid dienone is 2. The fraction of sp³-hybridized carbons (Fsp3) is 0.375. The molecule has 1 aromatic heterocycles. The van der Waals surface area contributed by atoms with Crippen LogP contribution in [0.25, 0.3) is 11.6 Å². The summed E-state index contributed by atoms with van der Waals surface area (Å²) in [6.07, 6.45) is 11.4. The maximum absolute atomic E-state index is 13.9. The molecule has 0 spiro atoms. The number of anilines is 1. The van der Waals surface area contributed by atoms with E-state index >= 15 is 0 Å². The Labute approximate surface area is 322 Å². The van der Waals surface area contributed by atoms with E-state index in [0.29, 0.717) is 77.8 Å². The van der Waals surface area contributed by atoms with Crippen molar-refractivity contribution in [1.82, 2.24) is 36.1 Å². The molecule has 3 aliphatic heterocycles. The van der Waals surface area contributed by atoms with Gasteiger partial charge in [0.1, 0.15) is 11.9 Å². The summed E-state index contributed by atoms with van der Waals surface area (Å²) in [7, 11) is 0. The van der Waals surface area contributed by atoms with Crippen molar-refractivity contribution in [3.63, 3.8) is 0 Å². The molecular weight excluding hydrogens is 723 g/mol. The van der Waals surface area contributed by atoms with Gasteiger partial charge in [0.2, 0.25) is 23.6 Å². The Morgan fingerprint density at radius 3 is 2.52 bits per heavy atom. The molecule has 15 nitrogen and oxygen atoms in total. The van der Waals surface area contributed by atoms with Crippen LogP contribution >= 0.6 is 0 Å². The maximum Gasteiger partial charge on any atom is 0.256 e. The van der Waals surface area contributed by atoms with Crippen molar-refractivity contribution in [2.24, 2.45) is 11.8 Å². The average Bonchev–Trinajstić information content (AvgIpc) is 3.72. The summed E-state index contributed by atoms with van der Waals surface area (Å²) < 4.78 is 13.9. The minimum absolute atomic E-state index is 0.131. The molecule has 1 aromatic carbocycles. The third-order valence-electron chi connectivity index (χ3n) is 10.3. The number of imide groups is 2. The van der Waals surface area contributed by atoms with Crippen LogP contribution in [0, 0.1) is 31.5 Å². The van der Waals surface area contributed by atoms with Crippen molar-refractivity contribution in [3.05, 3.63) is 88.2 Å². The zero-order valence-corrected chi connectivity index (χ0v) is 31.4. The van der Waals surface area contributed by atoms with Crippen molar-refractivity contribution in [2.75, 3.05) is 44.6 Å². The zero-order valence-electron chi connectivity index (χ0n) is 31.4. The lowest BCUT2D eigenvalue weighted by molar-refractivity contribution is -0.147. The van der Waals surface area contributed by atoms with Gasteiger partial charge in [0.25, 0.3) is 17.7 Å². The number of carbonyl (C=O) groups excluding carboxylic acids is 7. The molecule has 0 saturated carbocycles. The first-order chi connectivity index (χ1) is 26.9. The number of hydrogen-bond donors (Lipinski definition) is 6. The first kappa shape index (κ1) is 39.5. The number of fused-ring (bicyclic) bond motifs is 2. The summed E-state index contributed by atoms with van der Waals surface area (Å²) in [6, 6.07) is 2.93. The van der Waals surface area contributed by atoms with Gasteiger partial charge in [-0.1, -0.05) is 19.1 Å². The van der Waals surface area contributed by atoms with Crippen molar-refractivity contribution in [3.8, 4) is 0 Å². The number of amides is 7. The summed E-state index contributed by atoms with van der Waals surface area (Å²) in [5, 5.41) is 14.0. The molecule has 4 heterocycles. The average molecular weight is 769 g/mol. The number of aromatic nitrogens is 1. The maximum atomic E-state index is 13.9. The largest absolute Gasteiger partial charge is 0.388 e. The van der Waals surface area contributed by atoms with Crippen molar-refractivity contribution in [2.45, 2.75) is 46.1 Å². The molecular formula is C40H45FN8O7.